The summed E-state index contributed by atoms with van der Waals surface area (Å²) in [7, 11) is 0. The molecule has 0 saturated heterocycles. The van der Waals surface area contributed by atoms with E-state index in [-0.39, 0.29) is 17.6 Å². The average Bonchev–Trinajstić information content (AvgIpc) is 2.85. The van der Waals surface area contributed by atoms with Crippen molar-refractivity contribution in [3.05, 3.63) is 36.2 Å². The monoisotopic (exact) mass is 492 g/mol. The Morgan fingerprint density at radius 2 is 1.80 bits per heavy atom. The minimum absolute atomic E-state index is 0.0381. The molecule has 0 N–H and O–H groups in total. The van der Waals surface area contributed by atoms with E-state index in [4.69, 9.17) is 4.74 Å². The zero-order valence-corrected chi connectivity index (χ0v) is 20.8. The summed E-state index contributed by atoms with van der Waals surface area (Å²) in [6.45, 7) is -1.01. The van der Waals surface area contributed by atoms with E-state index in [0.29, 0.717) is 11.8 Å². The third kappa shape index (κ3) is 6.83. The quantitative estimate of drug-likeness (QED) is 0.208. The third-order valence-electron chi connectivity index (χ3n) is 8.86. The summed E-state index contributed by atoms with van der Waals surface area (Å²) in [6, 6.07) is 3.33. The molecule has 35 heavy (non-hydrogen) atoms. The summed E-state index contributed by atoms with van der Waals surface area (Å²) >= 11 is 0. The molecular formula is C29H39F3O3. The van der Waals surface area contributed by atoms with Crippen LogP contribution >= 0.6 is 0 Å². The number of fused-ring (bicyclic) bond motifs is 1. The molecule has 3 fully saturated rings. The van der Waals surface area contributed by atoms with Crippen molar-refractivity contribution >= 4 is 5.97 Å². The Morgan fingerprint density at radius 1 is 1.03 bits per heavy atom. The molecule has 0 spiro atoms. The van der Waals surface area contributed by atoms with Crippen LogP contribution in [-0.4, -0.2) is 12.6 Å². The lowest BCUT2D eigenvalue weighted by Crippen LogP contribution is -2.40. The molecule has 0 bridgehead atoms. The van der Waals surface area contributed by atoms with E-state index in [1.54, 1.807) is 0 Å². The molecule has 194 valence electrons. The fourth-order valence-electron chi connectivity index (χ4n) is 7.10. The number of halogens is 3. The molecule has 0 heterocycles. The van der Waals surface area contributed by atoms with Crippen molar-refractivity contribution in [1.29, 1.82) is 0 Å². The van der Waals surface area contributed by atoms with Crippen LogP contribution < -0.4 is 9.47 Å². The van der Waals surface area contributed by atoms with Gasteiger partial charge >= 0.3 is 12.6 Å². The highest BCUT2D eigenvalue weighted by molar-refractivity contribution is 5.75. The topological polar surface area (TPSA) is 35.5 Å². The molecule has 0 amide bonds. The maximum Gasteiger partial charge on any atom is 0.387 e. The van der Waals surface area contributed by atoms with Crippen molar-refractivity contribution < 1.29 is 27.4 Å². The SMILES string of the molecule is C/C=C/CCC1CCC(C2CCC3C(CCCC3C(=O)Oc3ccc(OC(F)F)c(F)c3)C2)CC1. The summed E-state index contributed by atoms with van der Waals surface area (Å²) in [5.41, 5.74) is 0. The molecule has 3 aliphatic carbocycles. The number of esters is 1. The van der Waals surface area contributed by atoms with Crippen LogP contribution in [0.1, 0.15) is 84.0 Å². The standard InChI is InChI=1S/C29H39F3O3/c1-2-3-4-6-19-9-11-20(12-10-19)21-13-15-24-22(17-21)7-5-8-25(24)28(33)34-23-14-16-27(26(30)18-23)35-29(31)32/h2-3,14,16,18-22,24-25,29H,4-13,15,17H2,1H3/b3-2+. The number of carbonyl (C=O) groups excluding carboxylic acids is 1. The normalized spacial score (nSPS) is 31.3. The predicted octanol–water partition coefficient (Wildman–Crippen LogP) is 8.33. The highest BCUT2D eigenvalue weighted by atomic mass is 19.3. The number of hydrogen-bond acceptors (Lipinski definition) is 3. The van der Waals surface area contributed by atoms with Crippen LogP contribution in [0.15, 0.2) is 30.4 Å². The number of benzene rings is 1. The second-order valence-electron chi connectivity index (χ2n) is 10.9. The molecule has 4 rings (SSSR count). The van der Waals surface area contributed by atoms with Crippen LogP contribution in [0.2, 0.25) is 0 Å². The summed E-state index contributed by atoms with van der Waals surface area (Å²) in [5.74, 6) is 1.42. The van der Waals surface area contributed by atoms with Gasteiger partial charge in [0, 0.05) is 6.07 Å². The van der Waals surface area contributed by atoms with E-state index in [1.807, 2.05) is 0 Å². The zero-order chi connectivity index (χ0) is 24.8. The number of allylic oxidation sites excluding steroid dienone is 2. The molecule has 0 radical (unpaired) electrons. The minimum Gasteiger partial charge on any atom is -0.432 e. The van der Waals surface area contributed by atoms with E-state index in [9.17, 15) is 18.0 Å². The van der Waals surface area contributed by atoms with Crippen LogP contribution in [-0.2, 0) is 4.79 Å². The largest absolute Gasteiger partial charge is 0.432 e. The fourth-order valence-corrected chi connectivity index (χ4v) is 7.10. The molecule has 4 atom stereocenters. The molecule has 4 unspecified atom stereocenters. The first-order valence-corrected chi connectivity index (χ1v) is 13.5. The summed E-state index contributed by atoms with van der Waals surface area (Å²) in [6.07, 6.45) is 18.8. The van der Waals surface area contributed by atoms with E-state index < -0.39 is 18.2 Å². The lowest BCUT2D eigenvalue weighted by atomic mass is 9.59. The van der Waals surface area contributed by atoms with E-state index in [2.05, 4.69) is 23.8 Å². The third-order valence-corrected chi connectivity index (χ3v) is 8.86. The van der Waals surface area contributed by atoms with Crippen LogP contribution in [0.5, 0.6) is 11.5 Å². The van der Waals surface area contributed by atoms with Crippen molar-refractivity contribution in [2.75, 3.05) is 0 Å². The van der Waals surface area contributed by atoms with Gasteiger partial charge in [-0.2, -0.15) is 8.78 Å². The van der Waals surface area contributed by atoms with Crippen molar-refractivity contribution in [2.24, 2.45) is 35.5 Å². The molecule has 0 aliphatic heterocycles. The molecule has 1 aromatic carbocycles. The smallest absolute Gasteiger partial charge is 0.387 e. The number of carbonyl (C=O) groups is 1. The lowest BCUT2D eigenvalue weighted by Gasteiger charge is -2.46. The molecule has 0 aromatic heterocycles. The van der Waals surface area contributed by atoms with Gasteiger partial charge < -0.3 is 9.47 Å². The highest BCUT2D eigenvalue weighted by Crippen LogP contribution is 2.50. The molecule has 3 saturated carbocycles. The zero-order valence-electron chi connectivity index (χ0n) is 20.8. The van der Waals surface area contributed by atoms with Crippen LogP contribution in [0.25, 0.3) is 0 Å². The first kappa shape index (κ1) is 26.1. The summed E-state index contributed by atoms with van der Waals surface area (Å²) in [4.78, 5) is 13.0. The minimum atomic E-state index is -3.11. The van der Waals surface area contributed by atoms with E-state index in [0.717, 1.165) is 49.1 Å². The number of ether oxygens (including phenoxy) is 2. The Kier molecular flexibility index (Phi) is 9.18. The molecular weight excluding hydrogens is 453 g/mol. The van der Waals surface area contributed by atoms with Gasteiger partial charge in [-0.25, -0.2) is 4.39 Å². The van der Waals surface area contributed by atoms with Crippen molar-refractivity contribution in [3.63, 3.8) is 0 Å². The van der Waals surface area contributed by atoms with Gasteiger partial charge in [0.2, 0.25) is 0 Å². The molecule has 1 aromatic rings. The van der Waals surface area contributed by atoms with Gasteiger partial charge in [-0.05, 0) is 100 Å². The molecule has 3 nitrogen and oxygen atoms in total. The van der Waals surface area contributed by atoms with Gasteiger partial charge in [-0.15, -0.1) is 0 Å². The Hall–Kier alpha value is -1.98. The highest BCUT2D eigenvalue weighted by Gasteiger charge is 2.43. The fraction of sp³-hybridized carbons (Fsp3) is 0.690. The maximum atomic E-state index is 14.0. The molecule has 6 heteroatoms. The first-order valence-electron chi connectivity index (χ1n) is 13.5. The van der Waals surface area contributed by atoms with Gasteiger partial charge in [-0.3, -0.25) is 4.79 Å². The number of hydrogen-bond donors (Lipinski definition) is 0. The van der Waals surface area contributed by atoms with Crippen LogP contribution in [0.3, 0.4) is 0 Å². The summed E-state index contributed by atoms with van der Waals surface area (Å²) in [5, 5.41) is 0. The van der Waals surface area contributed by atoms with E-state index >= 15 is 0 Å². The van der Waals surface area contributed by atoms with Crippen molar-refractivity contribution in [2.45, 2.75) is 90.6 Å². The van der Waals surface area contributed by atoms with Crippen molar-refractivity contribution in [3.8, 4) is 11.5 Å². The Labute approximate surface area is 207 Å². The Morgan fingerprint density at radius 3 is 2.51 bits per heavy atom. The second kappa shape index (κ2) is 12.3. The Bertz CT molecular complexity index is 863. The predicted molar refractivity (Wildman–Crippen MR) is 130 cm³/mol. The lowest BCUT2D eigenvalue weighted by molar-refractivity contribution is -0.144. The van der Waals surface area contributed by atoms with Crippen LogP contribution in [0, 0.1) is 41.3 Å². The maximum absolute atomic E-state index is 14.0. The van der Waals surface area contributed by atoms with Gasteiger partial charge in [0.1, 0.15) is 5.75 Å². The summed E-state index contributed by atoms with van der Waals surface area (Å²) < 4.78 is 48.4. The van der Waals surface area contributed by atoms with Gasteiger partial charge in [0.15, 0.2) is 11.6 Å². The van der Waals surface area contributed by atoms with E-state index in [1.165, 1.54) is 63.9 Å². The van der Waals surface area contributed by atoms with Gasteiger partial charge in [0.25, 0.3) is 0 Å². The van der Waals surface area contributed by atoms with Gasteiger partial charge in [-0.1, -0.05) is 37.8 Å². The molecule has 3 aliphatic rings. The first-order chi connectivity index (χ1) is 16.9. The average molecular weight is 493 g/mol. The second-order valence-corrected chi connectivity index (χ2v) is 10.9. The number of rotatable bonds is 8. The van der Waals surface area contributed by atoms with Gasteiger partial charge in [0.05, 0.1) is 5.92 Å². The van der Waals surface area contributed by atoms with Crippen molar-refractivity contribution in [1.82, 2.24) is 0 Å². The number of alkyl halides is 2. The van der Waals surface area contributed by atoms with Crippen LogP contribution in [0.4, 0.5) is 13.2 Å². The Balaban J connectivity index is 1.29.